The molecule has 2 aliphatic rings. The summed E-state index contributed by atoms with van der Waals surface area (Å²) >= 11 is 0. The summed E-state index contributed by atoms with van der Waals surface area (Å²) in [6.07, 6.45) is 3.47. The number of methoxy groups -OCH3 is 3. The Morgan fingerprint density at radius 1 is 1.04 bits per heavy atom. The van der Waals surface area contributed by atoms with Gasteiger partial charge in [0.05, 0.1) is 26.9 Å². The Kier molecular flexibility index (Phi) is 4.38. The average Bonchev–Trinajstić information content (AvgIpc) is 2.93. The van der Waals surface area contributed by atoms with Crippen molar-refractivity contribution in [2.45, 2.75) is 46.1 Å². The van der Waals surface area contributed by atoms with Gasteiger partial charge in [0.25, 0.3) is 5.91 Å². The highest BCUT2D eigenvalue weighted by Crippen LogP contribution is 2.65. The molecule has 2 saturated carbocycles. The molecule has 2 bridgehead atoms. The van der Waals surface area contributed by atoms with Gasteiger partial charge in [0.1, 0.15) is 5.75 Å². The Balaban J connectivity index is 1.87. The smallest absolute Gasteiger partial charge is 0.255 e. The van der Waals surface area contributed by atoms with E-state index in [9.17, 15) is 4.79 Å². The third kappa shape index (κ3) is 2.55. The maximum atomic E-state index is 13.0. The van der Waals surface area contributed by atoms with Crippen molar-refractivity contribution in [3.05, 3.63) is 17.7 Å². The monoisotopic (exact) mass is 347 g/mol. The van der Waals surface area contributed by atoms with E-state index in [-0.39, 0.29) is 22.8 Å². The topological polar surface area (TPSA) is 56.8 Å². The van der Waals surface area contributed by atoms with Crippen LogP contribution in [0.3, 0.4) is 0 Å². The zero-order valence-corrected chi connectivity index (χ0v) is 16.1. The second kappa shape index (κ2) is 6.11. The van der Waals surface area contributed by atoms with Gasteiger partial charge < -0.3 is 19.5 Å². The fourth-order valence-electron chi connectivity index (χ4n) is 4.86. The second-order valence-corrected chi connectivity index (χ2v) is 8.04. The van der Waals surface area contributed by atoms with Crippen LogP contribution in [0.2, 0.25) is 0 Å². The lowest BCUT2D eigenvalue weighted by molar-refractivity contribution is 0.0823. The van der Waals surface area contributed by atoms with Crippen LogP contribution in [0.5, 0.6) is 17.2 Å². The molecule has 0 radical (unpaired) electrons. The van der Waals surface area contributed by atoms with Crippen molar-refractivity contribution in [3.63, 3.8) is 0 Å². The summed E-state index contributed by atoms with van der Waals surface area (Å²) in [5.74, 6) is 2.11. The van der Waals surface area contributed by atoms with Crippen LogP contribution >= 0.6 is 0 Å². The van der Waals surface area contributed by atoms with Gasteiger partial charge in [-0.3, -0.25) is 4.79 Å². The molecule has 1 aromatic carbocycles. The minimum Gasteiger partial charge on any atom is -0.496 e. The maximum Gasteiger partial charge on any atom is 0.255 e. The molecule has 1 aromatic rings. The Bertz CT molecular complexity index is 685. The number of fused-ring (bicyclic) bond motifs is 2. The fraction of sp³-hybridized carbons (Fsp3) is 0.650. The molecule has 3 rings (SSSR count). The van der Waals surface area contributed by atoms with Crippen LogP contribution in [0.25, 0.3) is 0 Å². The number of rotatable bonds is 5. The SMILES string of the molecule is COc1cc(OC)c(C(=O)N[C@H]2C[C@H]3CC[C@@]2(C)C3(C)C)cc1OC. The van der Waals surface area contributed by atoms with Gasteiger partial charge in [0.15, 0.2) is 11.5 Å². The van der Waals surface area contributed by atoms with Gasteiger partial charge in [-0.15, -0.1) is 0 Å². The van der Waals surface area contributed by atoms with Crippen molar-refractivity contribution in [1.82, 2.24) is 5.32 Å². The highest BCUT2D eigenvalue weighted by Gasteiger charge is 2.61. The van der Waals surface area contributed by atoms with Crippen molar-refractivity contribution in [2.75, 3.05) is 21.3 Å². The first-order valence-electron chi connectivity index (χ1n) is 8.89. The van der Waals surface area contributed by atoms with Gasteiger partial charge in [-0.25, -0.2) is 0 Å². The molecule has 2 aliphatic carbocycles. The zero-order chi connectivity index (χ0) is 18.4. The lowest BCUT2D eigenvalue weighted by Crippen LogP contribution is -2.46. The molecule has 0 aromatic heterocycles. The van der Waals surface area contributed by atoms with E-state index in [1.54, 1.807) is 33.5 Å². The number of carbonyl (C=O) groups excluding carboxylic acids is 1. The number of amides is 1. The molecule has 0 aliphatic heterocycles. The molecule has 3 atom stereocenters. The lowest BCUT2D eigenvalue weighted by atomic mass is 9.69. The number of hydrogen-bond acceptors (Lipinski definition) is 4. The first kappa shape index (κ1) is 17.9. The molecule has 1 N–H and O–H groups in total. The van der Waals surface area contributed by atoms with Gasteiger partial charge in [0.2, 0.25) is 0 Å². The first-order chi connectivity index (χ1) is 11.8. The Hall–Kier alpha value is -1.91. The molecule has 0 saturated heterocycles. The maximum absolute atomic E-state index is 13.0. The quantitative estimate of drug-likeness (QED) is 0.883. The minimum absolute atomic E-state index is 0.118. The average molecular weight is 347 g/mol. The van der Waals surface area contributed by atoms with Gasteiger partial charge in [-0.05, 0) is 36.0 Å². The molecular formula is C20H29NO4. The van der Waals surface area contributed by atoms with Crippen molar-refractivity contribution in [3.8, 4) is 17.2 Å². The predicted octanol–water partition coefficient (Wildman–Crippen LogP) is 3.66. The molecule has 0 spiro atoms. The normalized spacial score (nSPS) is 29.4. The van der Waals surface area contributed by atoms with E-state index in [1.165, 1.54) is 12.8 Å². The van der Waals surface area contributed by atoms with Gasteiger partial charge in [0, 0.05) is 18.2 Å². The van der Waals surface area contributed by atoms with Gasteiger partial charge in [-0.2, -0.15) is 0 Å². The van der Waals surface area contributed by atoms with Crippen LogP contribution < -0.4 is 19.5 Å². The highest BCUT2D eigenvalue weighted by molar-refractivity contribution is 5.98. The van der Waals surface area contributed by atoms with Crippen molar-refractivity contribution in [1.29, 1.82) is 0 Å². The third-order valence-electron chi connectivity index (χ3n) is 7.05. The first-order valence-corrected chi connectivity index (χ1v) is 8.89. The lowest BCUT2D eigenvalue weighted by Gasteiger charge is -2.39. The summed E-state index contributed by atoms with van der Waals surface area (Å²) in [5, 5.41) is 3.27. The van der Waals surface area contributed by atoms with Crippen LogP contribution in [-0.2, 0) is 0 Å². The third-order valence-corrected chi connectivity index (χ3v) is 7.05. The summed E-state index contributed by atoms with van der Waals surface area (Å²) < 4.78 is 16.0. The van der Waals surface area contributed by atoms with Crippen molar-refractivity contribution >= 4 is 5.91 Å². The minimum atomic E-state index is -0.118. The standard InChI is InChI=1S/C20H29NO4/c1-19(2)12-7-8-20(19,3)17(9-12)21-18(22)13-10-15(24-5)16(25-6)11-14(13)23-4/h10-12,17H,7-9H2,1-6H3,(H,21,22)/t12-,17+,20-/m1/s1. The van der Waals surface area contributed by atoms with Crippen molar-refractivity contribution in [2.24, 2.45) is 16.7 Å². The summed E-state index contributed by atoms with van der Waals surface area (Å²) in [4.78, 5) is 13.0. The van der Waals surface area contributed by atoms with Gasteiger partial charge in [-0.1, -0.05) is 20.8 Å². The number of benzene rings is 1. The van der Waals surface area contributed by atoms with Crippen LogP contribution in [-0.4, -0.2) is 33.3 Å². The van der Waals surface area contributed by atoms with E-state index in [2.05, 4.69) is 26.1 Å². The van der Waals surface area contributed by atoms with E-state index in [1.807, 2.05) is 0 Å². The van der Waals surface area contributed by atoms with Gasteiger partial charge >= 0.3 is 0 Å². The van der Waals surface area contributed by atoms with Crippen LogP contribution in [0.15, 0.2) is 12.1 Å². The second-order valence-electron chi connectivity index (χ2n) is 8.04. The van der Waals surface area contributed by atoms with E-state index < -0.39 is 0 Å². The largest absolute Gasteiger partial charge is 0.496 e. The Morgan fingerprint density at radius 3 is 2.12 bits per heavy atom. The zero-order valence-electron chi connectivity index (χ0n) is 16.1. The molecule has 5 nitrogen and oxygen atoms in total. The summed E-state index contributed by atoms with van der Waals surface area (Å²) in [6.45, 7) is 7.00. The number of carbonyl (C=O) groups is 1. The molecule has 2 fully saturated rings. The molecule has 0 unspecified atom stereocenters. The predicted molar refractivity (Wildman–Crippen MR) is 96.6 cm³/mol. The molecule has 25 heavy (non-hydrogen) atoms. The highest BCUT2D eigenvalue weighted by atomic mass is 16.5. The molecule has 5 heteroatoms. The summed E-state index contributed by atoms with van der Waals surface area (Å²) in [6, 6.07) is 3.57. The number of hydrogen-bond donors (Lipinski definition) is 1. The molecule has 0 heterocycles. The Morgan fingerprint density at radius 2 is 1.64 bits per heavy atom. The molecule has 1 amide bonds. The van der Waals surface area contributed by atoms with E-state index >= 15 is 0 Å². The van der Waals surface area contributed by atoms with Crippen LogP contribution in [0.4, 0.5) is 0 Å². The fourth-order valence-corrected chi connectivity index (χ4v) is 4.86. The number of nitrogens with one attached hydrogen (secondary N) is 1. The molecular weight excluding hydrogens is 318 g/mol. The summed E-state index contributed by atoms with van der Waals surface area (Å²) in [5.41, 5.74) is 0.869. The van der Waals surface area contributed by atoms with E-state index in [0.717, 1.165) is 6.42 Å². The molecule has 138 valence electrons. The van der Waals surface area contributed by atoms with Crippen molar-refractivity contribution < 1.29 is 19.0 Å². The summed E-state index contributed by atoms with van der Waals surface area (Å²) in [7, 11) is 4.68. The van der Waals surface area contributed by atoms with Crippen LogP contribution in [0.1, 0.15) is 50.4 Å². The number of ether oxygens (including phenoxy) is 3. The van der Waals surface area contributed by atoms with E-state index in [0.29, 0.717) is 28.7 Å². The van der Waals surface area contributed by atoms with Crippen LogP contribution in [0, 0.1) is 16.7 Å². The Labute approximate surface area is 150 Å². The van der Waals surface area contributed by atoms with E-state index in [4.69, 9.17) is 14.2 Å².